The zero-order valence-corrected chi connectivity index (χ0v) is 35.2. The van der Waals surface area contributed by atoms with Crippen LogP contribution in [0.2, 0.25) is 10.0 Å². The van der Waals surface area contributed by atoms with E-state index in [2.05, 4.69) is 0 Å². The number of carbonyl (C=O) groups is 2. The number of methoxy groups -OCH3 is 1. The minimum absolute atomic E-state index is 0.0181. The maximum Gasteiger partial charge on any atom is 0.341 e. The summed E-state index contributed by atoms with van der Waals surface area (Å²) in [4.78, 5) is 49.0. The fraction of sp³-hybridized carbons (Fsp3) is 0.289. The lowest BCUT2D eigenvalue weighted by Crippen LogP contribution is -2.25. The van der Waals surface area contributed by atoms with Crippen LogP contribution in [0.1, 0.15) is 82.7 Å². The second kappa shape index (κ2) is 19.4. The molecule has 0 radical (unpaired) electrons. The second-order valence-electron chi connectivity index (χ2n) is 15.1. The van der Waals surface area contributed by atoms with Gasteiger partial charge in [-0.2, -0.15) is 0 Å². The van der Waals surface area contributed by atoms with E-state index in [1.54, 1.807) is 22.8 Å². The van der Waals surface area contributed by atoms with Crippen LogP contribution in [0, 0.1) is 29.3 Å². The molecule has 4 N–H and O–H groups in total. The minimum atomic E-state index is -1.43. The molecule has 0 aliphatic carbocycles. The SMILES string of the molecule is CC(C)[C@@H](CO)n1cc(C(=O)O)c(=O)c2cc(Cc3cccc(Cl)c3F)c(F)cc21.COc1cc2c(cc1Cc1cccc(Cl)c1F)c(=O)c(C(=O)O)cn2[C@H](CO)C(C)C. The topological polar surface area (TPSA) is 168 Å². The van der Waals surface area contributed by atoms with Gasteiger partial charge in [0, 0.05) is 42.1 Å². The van der Waals surface area contributed by atoms with Crippen molar-refractivity contribution in [3.63, 3.8) is 0 Å². The largest absolute Gasteiger partial charge is 0.496 e. The summed E-state index contributed by atoms with van der Waals surface area (Å²) < 4.78 is 52.1. The average Bonchev–Trinajstić information content (AvgIpc) is 3.20. The van der Waals surface area contributed by atoms with E-state index < -0.39 is 63.5 Å². The van der Waals surface area contributed by atoms with Gasteiger partial charge in [-0.15, -0.1) is 0 Å². The molecular formula is C45H43Cl2F3N2O9. The fourth-order valence-corrected chi connectivity index (χ4v) is 7.56. The number of ether oxygens (including phenoxy) is 1. The Morgan fingerprint density at radius 1 is 0.656 bits per heavy atom. The van der Waals surface area contributed by atoms with Gasteiger partial charge in [0.25, 0.3) is 0 Å². The van der Waals surface area contributed by atoms with E-state index in [0.29, 0.717) is 22.4 Å². The van der Waals surface area contributed by atoms with Crippen LogP contribution < -0.4 is 15.6 Å². The first-order valence-corrected chi connectivity index (χ1v) is 19.8. The van der Waals surface area contributed by atoms with E-state index in [0.717, 1.165) is 12.3 Å². The number of carboxylic acid groups (broad SMARTS) is 2. The number of pyridine rings is 2. The number of halogens is 5. The van der Waals surface area contributed by atoms with Crippen LogP contribution in [-0.2, 0) is 12.8 Å². The summed E-state index contributed by atoms with van der Waals surface area (Å²) in [6.45, 7) is 6.84. The van der Waals surface area contributed by atoms with Crippen molar-refractivity contribution in [2.75, 3.05) is 20.3 Å². The highest BCUT2D eigenvalue weighted by atomic mass is 35.5. The van der Waals surface area contributed by atoms with Gasteiger partial charge in [0.2, 0.25) is 10.9 Å². The maximum atomic E-state index is 14.9. The maximum absolute atomic E-state index is 14.9. The number of hydrogen-bond donors (Lipinski definition) is 4. The first-order chi connectivity index (χ1) is 28.8. The molecule has 2 heterocycles. The molecule has 0 fully saturated rings. The van der Waals surface area contributed by atoms with Gasteiger partial charge in [-0.1, -0.05) is 75.2 Å². The normalized spacial score (nSPS) is 12.4. The average molecular weight is 884 g/mol. The van der Waals surface area contributed by atoms with Crippen LogP contribution in [0.25, 0.3) is 21.8 Å². The summed E-state index contributed by atoms with van der Waals surface area (Å²) in [6.07, 6.45) is 2.31. The summed E-state index contributed by atoms with van der Waals surface area (Å²) in [5, 5.41) is 38.7. The lowest BCUT2D eigenvalue weighted by molar-refractivity contribution is 0.0683. The number of carboxylic acids is 2. The van der Waals surface area contributed by atoms with E-state index in [4.69, 9.17) is 27.9 Å². The standard InChI is InChI=1S/C23H23ClFNO5.C22H20ClF2NO4/c1-12(2)19(11-27)26-10-16(23(29)30)22(28)15-8-14(20(31-3)9-18(15)26)7-13-5-4-6-17(24)21(13)25;1-11(2)19(10-27)26-9-15(22(29)30)21(28)14-7-13(17(24)8-18(14)26)6-12-4-3-5-16(23)20(12)25/h4-6,8-10,12,19,27H,7,11H2,1-3H3,(H,29,30);3-5,7-9,11,19,27H,6,10H2,1-2H3,(H,29,30)/t2*19-/m11/s1. The molecule has 0 saturated carbocycles. The summed E-state index contributed by atoms with van der Waals surface area (Å²) in [5.74, 6) is -4.47. The highest BCUT2D eigenvalue weighted by Crippen LogP contribution is 2.32. The Morgan fingerprint density at radius 2 is 1.07 bits per heavy atom. The van der Waals surface area contributed by atoms with E-state index >= 15 is 0 Å². The Morgan fingerprint density at radius 3 is 1.46 bits per heavy atom. The number of rotatable bonds is 13. The summed E-state index contributed by atoms with van der Waals surface area (Å²) in [5.41, 5.74) is -0.754. The number of fused-ring (bicyclic) bond motifs is 2. The van der Waals surface area contributed by atoms with E-state index in [9.17, 15) is 52.8 Å². The molecule has 0 aliphatic heterocycles. The lowest BCUT2D eigenvalue weighted by Gasteiger charge is -2.25. The summed E-state index contributed by atoms with van der Waals surface area (Å²) >= 11 is 11.7. The number of aliphatic hydroxyl groups excluding tert-OH is 2. The van der Waals surface area contributed by atoms with Crippen molar-refractivity contribution in [1.82, 2.24) is 9.13 Å². The number of aliphatic hydroxyl groups is 2. The van der Waals surface area contributed by atoms with Crippen LogP contribution in [-0.4, -0.2) is 61.8 Å². The summed E-state index contributed by atoms with van der Waals surface area (Å²) in [7, 11) is 1.46. The Kier molecular flexibility index (Phi) is 14.7. The van der Waals surface area contributed by atoms with Crippen LogP contribution in [0.4, 0.5) is 13.2 Å². The molecular weight excluding hydrogens is 840 g/mol. The first kappa shape index (κ1) is 46.4. The molecule has 0 unspecified atom stereocenters. The number of nitrogens with zero attached hydrogens (tertiary/aromatic N) is 2. The Balaban J connectivity index is 0.000000231. The molecule has 322 valence electrons. The first-order valence-electron chi connectivity index (χ1n) is 19.0. The highest BCUT2D eigenvalue weighted by Gasteiger charge is 2.25. The fourth-order valence-electron chi connectivity index (χ4n) is 7.17. The molecule has 61 heavy (non-hydrogen) atoms. The van der Waals surface area contributed by atoms with E-state index in [-0.39, 0.29) is 75.4 Å². The molecule has 2 atom stereocenters. The number of aromatic carboxylic acids is 2. The molecule has 6 rings (SSSR count). The monoisotopic (exact) mass is 882 g/mol. The van der Waals surface area contributed by atoms with Gasteiger partial charge in [0.05, 0.1) is 53.5 Å². The smallest absolute Gasteiger partial charge is 0.341 e. The van der Waals surface area contributed by atoms with Crippen LogP contribution in [0.15, 0.2) is 82.6 Å². The number of hydrogen-bond acceptors (Lipinski definition) is 7. The van der Waals surface area contributed by atoms with Crippen molar-refractivity contribution in [2.24, 2.45) is 11.8 Å². The van der Waals surface area contributed by atoms with Crippen molar-refractivity contribution >= 4 is 56.9 Å². The van der Waals surface area contributed by atoms with Gasteiger partial charge in [-0.05, 0) is 64.4 Å². The van der Waals surface area contributed by atoms with E-state index in [1.165, 1.54) is 54.3 Å². The van der Waals surface area contributed by atoms with Gasteiger partial charge in [-0.3, -0.25) is 9.59 Å². The Labute approximate surface area is 357 Å². The molecule has 0 bridgehead atoms. The molecule has 4 aromatic carbocycles. The van der Waals surface area contributed by atoms with Crippen molar-refractivity contribution in [3.8, 4) is 5.75 Å². The van der Waals surface area contributed by atoms with Crippen molar-refractivity contribution in [1.29, 1.82) is 0 Å². The van der Waals surface area contributed by atoms with Gasteiger partial charge < -0.3 is 34.3 Å². The third-order valence-electron chi connectivity index (χ3n) is 10.5. The summed E-state index contributed by atoms with van der Waals surface area (Å²) in [6, 6.07) is 13.5. The lowest BCUT2D eigenvalue weighted by atomic mass is 9.98. The highest BCUT2D eigenvalue weighted by molar-refractivity contribution is 6.31. The van der Waals surface area contributed by atoms with Crippen molar-refractivity contribution < 1.29 is 47.9 Å². The predicted octanol–water partition coefficient (Wildman–Crippen LogP) is 8.69. The quantitative estimate of drug-likeness (QED) is 0.0887. The van der Waals surface area contributed by atoms with Gasteiger partial charge in [-0.25, -0.2) is 22.8 Å². The minimum Gasteiger partial charge on any atom is -0.496 e. The zero-order valence-electron chi connectivity index (χ0n) is 33.7. The molecule has 0 saturated heterocycles. The van der Waals surface area contributed by atoms with Gasteiger partial charge in [0.1, 0.15) is 34.3 Å². The third-order valence-corrected chi connectivity index (χ3v) is 11.1. The predicted molar refractivity (Wildman–Crippen MR) is 227 cm³/mol. The third kappa shape index (κ3) is 9.62. The second-order valence-corrected chi connectivity index (χ2v) is 15.9. The van der Waals surface area contributed by atoms with Crippen molar-refractivity contribution in [2.45, 2.75) is 52.6 Å². The molecule has 0 aliphatic rings. The zero-order chi connectivity index (χ0) is 45.0. The number of aromatic nitrogens is 2. The molecule has 16 heteroatoms. The number of benzene rings is 4. The Bertz CT molecular complexity index is 2770. The molecule has 11 nitrogen and oxygen atoms in total. The van der Waals surface area contributed by atoms with Crippen LogP contribution in [0.5, 0.6) is 5.75 Å². The van der Waals surface area contributed by atoms with Gasteiger partial charge in [0.15, 0.2) is 0 Å². The molecule has 0 amide bonds. The molecule has 6 aromatic rings. The van der Waals surface area contributed by atoms with E-state index in [1.807, 2.05) is 27.7 Å². The van der Waals surface area contributed by atoms with Gasteiger partial charge >= 0.3 is 11.9 Å². The molecule has 2 aromatic heterocycles. The Hall–Kier alpha value is -5.67. The van der Waals surface area contributed by atoms with Crippen molar-refractivity contribution in [3.05, 3.63) is 154 Å². The molecule has 0 spiro atoms. The van der Waals surface area contributed by atoms with Crippen LogP contribution >= 0.6 is 23.2 Å². The van der Waals surface area contributed by atoms with Crippen LogP contribution in [0.3, 0.4) is 0 Å².